The molecule has 0 aliphatic rings. The van der Waals surface area contributed by atoms with Crippen LogP contribution < -0.4 is 9.47 Å². The molecule has 0 aliphatic carbocycles. The summed E-state index contributed by atoms with van der Waals surface area (Å²) in [5.41, 5.74) is 0. The van der Waals surface area contributed by atoms with Gasteiger partial charge in [0.2, 0.25) is 0 Å². The van der Waals surface area contributed by atoms with Crippen molar-refractivity contribution in [3.8, 4) is 11.5 Å². The van der Waals surface area contributed by atoms with Gasteiger partial charge in [0.05, 0.1) is 23.7 Å². The molecule has 0 aromatic heterocycles. The van der Waals surface area contributed by atoms with E-state index in [9.17, 15) is 0 Å². The lowest BCUT2D eigenvalue weighted by Gasteiger charge is -2.09. The van der Waals surface area contributed by atoms with E-state index in [-0.39, 0.29) is 0 Å². The third kappa shape index (κ3) is 1.67. The van der Waals surface area contributed by atoms with E-state index in [1.54, 1.807) is 26.4 Å². The van der Waals surface area contributed by atoms with Gasteiger partial charge in [-0.15, -0.1) is 0 Å². The number of methoxy groups -OCH3 is 2. The molecule has 0 heterocycles. The fourth-order valence-electron chi connectivity index (χ4n) is 0.865. The fraction of sp³-hybridized carbons (Fsp3) is 0.250. The van der Waals surface area contributed by atoms with Crippen molar-refractivity contribution in [1.29, 1.82) is 0 Å². The zero-order valence-corrected chi connectivity index (χ0v) is 9.07. The zero-order chi connectivity index (χ0) is 9.14. The van der Waals surface area contributed by atoms with E-state index < -0.39 is 0 Å². The second-order valence-corrected chi connectivity index (χ2v) is 3.30. The number of ether oxygens (including phenoxy) is 2. The molecular formula is C8H8BrClO2. The van der Waals surface area contributed by atoms with Crippen molar-refractivity contribution in [2.45, 2.75) is 0 Å². The third-order valence-corrected chi connectivity index (χ3v) is 2.77. The van der Waals surface area contributed by atoms with Crippen molar-refractivity contribution >= 4 is 27.5 Å². The molecule has 0 saturated heterocycles. The fourth-order valence-corrected chi connectivity index (χ4v) is 1.50. The predicted molar refractivity (Wildman–Crippen MR) is 52.3 cm³/mol. The zero-order valence-electron chi connectivity index (χ0n) is 6.73. The maximum Gasteiger partial charge on any atom is 0.176 e. The highest BCUT2D eigenvalue weighted by Gasteiger charge is 2.10. The lowest BCUT2D eigenvalue weighted by atomic mass is 10.3. The van der Waals surface area contributed by atoms with Gasteiger partial charge in [0.25, 0.3) is 0 Å². The summed E-state index contributed by atoms with van der Waals surface area (Å²) in [6, 6.07) is 3.50. The number of hydrogen-bond acceptors (Lipinski definition) is 2. The Kier molecular flexibility index (Phi) is 3.23. The number of hydrogen-bond donors (Lipinski definition) is 0. The van der Waals surface area contributed by atoms with E-state index in [4.69, 9.17) is 21.1 Å². The largest absolute Gasteiger partial charge is 0.493 e. The molecule has 1 rings (SSSR count). The quantitative estimate of drug-likeness (QED) is 0.804. The lowest BCUT2D eigenvalue weighted by Crippen LogP contribution is -1.91. The van der Waals surface area contributed by atoms with Crippen molar-refractivity contribution in [2.24, 2.45) is 0 Å². The molecule has 2 nitrogen and oxygen atoms in total. The Labute approximate surface area is 84.6 Å². The Morgan fingerprint density at radius 1 is 1.25 bits per heavy atom. The Morgan fingerprint density at radius 2 is 1.92 bits per heavy atom. The lowest BCUT2D eigenvalue weighted by molar-refractivity contribution is 0.353. The molecule has 0 saturated carbocycles. The first-order chi connectivity index (χ1) is 5.70. The van der Waals surface area contributed by atoms with Crippen LogP contribution in [0.15, 0.2) is 16.6 Å². The van der Waals surface area contributed by atoms with Gasteiger partial charge in [0, 0.05) is 0 Å². The van der Waals surface area contributed by atoms with Crippen molar-refractivity contribution < 1.29 is 9.47 Å². The summed E-state index contributed by atoms with van der Waals surface area (Å²) in [5, 5.41) is 0.604. The average molecular weight is 252 g/mol. The topological polar surface area (TPSA) is 18.5 Å². The Balaban J connectivity index is 3.25. The van der Waals surface area contributed by atoms with E-state index >= 15 is 0 Å². The van der Waals surface area contributed by atoms with Gasteiger partial charge in [-0.25, -0.2) is 0 Å². The van der Waals surface area contributed by atoms with Crippen LogP contribution in [0.1, 0.15) is 0 Å². The van der Waals surface area contributed by atoms with E-state index in [2.05, 4.69) is 15.9 Å². The van der Waals surface area contributed by atoms with Crippen LogP contribution in [0.5, 0.6) is 11.5 Å². The van der Waals surface area contributed by atoms with E-state index in [0.717, 1.165) is 0 Å². The van der Waals surface area contributed by atoms with Crippen LogP contribution >= 0.6 is 27.5 Å². The van der Waals surface area contributed by atoms with E-state index in [1.165, 1.54) is 0 Å². The van der Waals surface area contributed by atoms with Crippen LogP contribution in [-0.2, 0) is 0 Å². The molecular weight excluding hydrogens is 243 g/mol. The minimum atomic E-state index is 0.604. The summed E-state index contributed by atoms with van der Waals surface area (Å²) in [4.78, 5) is 0. The van der Waals surface area contributed by atoms with Crippen molar-refractivity contribution in [2.75, 3.05) is 14.2 Å². The van der Waals surface area contributed by atoms with Crippen LogP contribution in [0.4, 0.5) is 0 Å². The first-order valence-corrected chi connectivity index (χ1v) is 4.43. The molecule has 0 fully saturated rings. The number of rotatable bonds is 2. The summed E-state index contributed by atoms with van der Waals surface area (Å²) in [5.74, 6) is 1.28. The highest BCUT2D eigenvalue weighted by molar-refractivity contribution is 9.10. The van der Waals surface area contributed by atoms with E-state index in [0.29, 0.717) is 21.0 Å². The molecule has 1 aromatic carbocycles. The van der Waals surface area contributed by atoms with Crippen molar-refractivity contribution in [3.05, 3.63) is 21.6 Å². The maximum absolute atomic E-state index is 5.84. The molecule has 0 atom stereocenters. The standard InChI is InChI=1S/C8H8BrClO2/c1-11-6-4-3-5(10)7(9)8(6)12-2/h3-4H,1-2H3. The van der Waals surface area contributed by atoms with E-state index in [1.807, 2.05) is 0 Å². The summed E-state index contributed by atoms with van der Waals surface area (Å²) >= 11 is 9.13. The molecule has 0 aliphatic heterocycles. The third-order valence-electron chi connectivity index (χ3n) is 1.44. The van der Waals surface area contributed by atoms with Crippen LogP contribution in [0.2, 0.25) is 5.02 Å². The van der Waals surface area contributed by atoms with Gasteiger partial charge >= 0.3 is 0 Å². The van der Waals surface area contributed by atoms with Gasteiger partial charge in [-0.05, 0) is 28.1 Å². The minimum absolute atomic E-state index is 0.604. The molecule has 0 spiro atoms. The normalized spacial score (nSPS) is 9.67. The van der Waals surface area contributed by atoms with Gasteiger partial charge in [-0.3, -0.25) is 0 Å². The van der Waals surface area contributed by atoms with Gasteiger partial charge < -0.3 is 9.47 Å². The Hall–Kier alpha value is -0.410. The van der Waals surface area contributed by atoms with Crippen LogP contribution in [0, 0.1) is 0 Å². The van der Waals surface area contributed by atoms with Crippen LogP contribution in [0.3, 0.4) is 0 Å². The summed E-state index contributed by atoms with van der Waals surface area (Å²) < 4.78 is 10.9. The molecule has 0 amide bonds. The second kappa shape index (κ2) is 4.01. The highest BCUT2D eigenvalue weighted by Crippen LogP contribution is 2.39. The molecule has 0 unspecified atom stereocenters. The molecule has 4 heteroatoms. The van der Waals surface area contributed by atoms with Gasteiger partial charge in [-0.1, -0.05) is 11.6 Å². The average Bonchev–Trinajstić information content (AvgIpc) is 2.09. The maximum atomic E-state index is 5.84. The molecule has 0 bridgehead atoms. The monoisotopic (exact) mass is 250 g/mol. The summed E-state index contributed by atoms with van der Waals surface area (Å²) in [6.45, 7) is 0. The van der Waals surface area contributed by atoms with Gasteiger partial charge in [0.15, 0.2) is 11.5 Å². The molecule has 1 aromatic rings. The van der Waals surface area contributed by atoms with Crippen LogP contribution in [-0.4, -0.2) is 14.2 Å². The molecule has 66 valence electrons. The summed E-state index contributed by atoms with van der Waals surface area (Å²) in [7, 11) is 3.15. The molecule has 0 radical (unpaired) electrons. The number of halogens is 2. The summed E-state index contributed by atoms with van der Waals surface area (Å²) in [6.07, 6.45) is 0. The minimum Gasteiger partial charge on any atom is -0.493 e. The van der Waals surface area contributed by atoms with Crippen LogP contribution in [0.25, 0.3) is 0 Å². The van der Waals surface area contributed by atoms with Gasteiger partial charge in [0.1, 0.15) is 0 Å². The highest BCUT2D eigenvalue weighted by atomic mass is 79.9. The molecule has 12 heavy (non-hydrogen) atoms. The van der Waals surface area contributed by atoms with Crippen molar-refractivity contribution in [1.82, 2.24) is 0 Å². The second-order valence-electron chi connectivity index (χ2n) is 2.10. The Bertz CT molecular complexity index is 289. The SMILES string of the molecule is COc1ccc(Cl)c(Br)c1OC. The first-order valence-electron chi connectivity index (χ1n) is 3.26. The van der Waals surface area contributed by atoms with Gasteiger partial charge in [-0.2, -0.15) is 0 Å². The number of benzene rings is 1. The Morgan fingerprint density at radius 3 is 2.42 bits per heavy atom. The molecule has 0 N–H and O–H groups in total. The predicted octanol–water partition coefficient (Wildman–Crippen LogP) is 3.12. The first kappa shape index (κ1) is 9.68. The smallest absolute Gasteiger partial charge is 0.176 e. The van der Waals surface area contributed by atoms with Crippen molar-refractivity contribution in [3.63, 3.8) is 0 Å².